The molecule has 0 bridgehead atoms. The second-order valence-electron chi connectivity index (χ2n) is 2.22. The Hall–Kier alpha value is -0.0800. The van der Waals surface area contributed by atoms with E-state index in [1.54, 1.807) is 0 Å². The molecule has 0 aromatic carbocycles. The van der Waals surface area contributed by atoms with Crippen molar-refractivity contribution >= 4 is 0 Å². The highest BCUT2D eigenvalue weighted by Crippen LogP contribution is 2.20. The van der Waals surface area contributed by atoms with Crippen LogP contribution in [0.25, 0.3) is 0 Å². The van der Waals surface area contributed by atoms with Crippen molar-refractivity contribution in [3.05, 3.63) is 0 Å². The summed E-state index contributed by atoms with van der Waals surface area (Å²) in [4.78, 5) is 0. The van der Waals surface area contributed by atoms with Crippen molar-refractivity contribution < 1.29 is 4.59 Å². The molecule has 2 heterocycles. The van der Waals surface area contributed by atoms with Crippen LogP contribution in [0.5, 0.6) is 0 Å². The summed E-state index contributed by atoms with van der Waals surface area (Å²) in [6, 6.07) is 0. The summed E-state index contributed by atoms with van der Waals surface area (Å²) in [5, 5.41) is 0. The molecule has 0 aromatic rings. The molecule has 0 aliphatic carbocycles. The summed E-state index contributed by atoms with van der Waals surface area (Å²) in [6.07, 6.45) is 0. The smallest absolute Gasteiger partial charge is 0.148 e. The molecule has 1 N–H and O–H groups in total. The number of nitrogens with zero attached hydrogens (tertiary/aromatic N) is 1. The molecule has 2 aliphatic rings. The fourth-order valence-corrected chi connectivity index (χ4v) is 0.930. The van der Waals surface area contributed by atoms with Gasteiger partial charge in [0.05, 0.1) is 6.54 Å². The summed E-state index contributed by atoms with van der Waals surface area (Å²) in [7, 11) is 0. The molecule has 1 spiro atoms. The van der Waals surface area contributed by atoms with Crippen LogP contribution in [0.1, 0.15) is 0 Å². The quantitative estimate of drug-likeness (QED) is 0.304. The highest BCUT2D eigenvalue weighted by Gasteiger charge is 2.48. The Balaban J connectivity index is 2.09. The van der Waals surface area contributed by atoms with E-state index in [2.05, 4.69) is 5.43 Å². The van der Waals surface area contributed by atoms with Gasteiger partial charge in [0.15, 0.2) is 0 Å². The Kier molecular flexibility index (Phi) is 0.316. The van der Waals surface area contributed by atoms with Crippen molar-refractivity contribution in [1.29, 1.82) is 0 Å². The molecule has 2 heteroatoms. The molecule has 0 amide bonds. The Morgan fingerprint density at radius 1 is 1.17 bits per heavy atom. The molecule has 2 fully saturated rings. The predicted molar refractivity (Wildman–Crippen MR) is 22.9 cm³/mol. The van der Waals surface area contributed by atoms with E-state index in [9.17, 15) is 0 Å². The number of rotatable bonds is 0. The molecule has 2 rings (SSSR count). The zero-order chi connectivity index (χ0) is 4.04. The van der Waals surface area contributed by atoms with Crippen molar-refractivity contribution in [3.63, 3.8) is 0 Å². The van der Waals surface area contributed by atoms with Gasteiger partial charge in [-0.25, -0.2) is 4.59 Å². The van der Waals surface area contributed by atoms with Crippen molar-refractivity contribution in [2.24, 2.45) is 0 Å². The van der Waals surface area contributed by atoms with Crippen LogP contribution in [0.3, 0.4) is 0 Å². The van der Waals surface area contributed by atoms with Crippen molar-refractivity contribution in [1.82, 2.24) is 5.43 Å². The first-order valence-electron chi connectivity index (χ1n) is 2.53. The van der Waals surface area contributed by atoms with Gasteiger partial charge in [-0.3, -0.25) is 0 Å². The predicted octanol–water partition coefficient (Wildman–Crippen LogP) is -0.665. The lowest BCUT2D eigenvalue weighted by Crippen LogP contribution is -2.56. The van der Waals surface area contributed by atoms with E-state index >= 15 is 0 Å². The summed E-state index contributed by atoms with van der Waals surface area (Å²) < 4.78 is 1.25. The third-order valence-corrected chi connectivity index (χ3v) is 1.75. The molecule has 2 saturated heterocycles. The van der Waals surface area contributed by atoms with E-state index < -0.39 is 0 Å². The van der Waals surface area contributed by atoms with Gasteiger partial charge in [0.1, 0.15) is 19.6 Å². The minimum atomic E-state index is 1.25. The maximum absolute atomic E-state index is 3.33. The summed E-state index contributed by atoms with van der Waals surface area (Å²) >= 11 is 0. The number of quaternary nitrogens is 1. The molecule has 0 atom stereocenters. The number of nitrogens with one attached hydrogen (secondary N) is 1. The highest BCUT2D eigenvalue weighted by atomic mass is 15.8. The molecule has 0 aromatic heterocycles. The third-order valence-electron chi connectivity index (χ3n) is 1.75. The van der Waals surface area contributed by atoms with E-state index in [1.165, 1.54) is 30.8 Å². The lowest BCUT2D eigenvalue weighted by molar-refractivity contribution is -0.889. The van der Waals surface area contributed by atoms with E-state index in [0.717, 1.165) is 0 Å². The third kappa shape index (κ3) is 0.200. The van der Waals surface area contributed by atoms with Gasteiger partial charge in [0, 0.05) is 0 Å². The van der Waals surface area contributed by atoms with Crippen LogP contribution in [0, 0.1) is 0 Å². The van der Waals surface area contributed by atoms with Crippen LogP contribution >= 0.6 is 0 Å². The maximum atomic E-state index is 3.33. The zero-order valence-electron chi connectivity index (χ0n) is 3.78. The van der Waals surface area contributed by atoms with Gasteiger partial charge in [-0.15, -0.1) is 0 Å². The molecule has 2 aliphatic heterocycles. The second-order valence-corrected chi connectivity index (χ2v) is 2.22. The lowest BCUT2D eigenvalue weighted by atomic mass is 10.5. The molecular weight excluding hydrogens is 76.1 g/mol. The van der Waals surface area contributed by atoms with Crippen LogP contribution in [-0.4, -0.2) is 30.8 Å². The summed E-state index contributed by atoms with van der Waals surface area (Å²) in [5.74, 6) is 0. The van der Waals surface area contributed by atoms with Crippen LogP contribution in [0.4, 0.5) is 0 Å². The summed E-state index contributed by atoms with van der Waals surface area (Å²) in [5.41, 5.74) is 3.33. The van der Waals surface area contributed by atoms with Crippen LogP contribution in [0.15, 0.2) is 0 Å². The van der Waals surface area contributed by atoms with Crippen molar-refractivity contribution in [3.8, 4) is 0 Å². The van der Waals surface area contributed by atoms with Crippen LogP contribution < -0.4 is 5.43 Å². The largest absolute Gasteiger partial charge is 0.235 e. The standard InChI is InChI=1S/C4H9N2/c1-2-6(5-1)3-4-6/h5H,1-4H2/q+1. The molecular formula is C4H9N2+. The van der Waals surface area contributed by atoms with E-state index in [0.29, 0.717) is 0 Å². The Morgan fingerprint density at radius 2 is 1.83 bits per heavy atom. The molecule has 0 saturated carbocycles. The first-order chi connectivity index (χ1) is 2.91. The Bertz CT molecular complexity index is 69.6. The lowest BCUT2D eigenvalue weighted by Gasteiger charge is -2.26. The van der Waals surface area contributed by atoms with Gasteiger partial charge < -0.3 is 0 Å². The van der Waals surface area contributed by atoms with Crippen LogP contribution in [0.2, 0.25) is 0 Å². The number of hydrogen-bond acceptors (Lipinski definition) is 1. The van der Waals surface area contributed by atoms with Crippen LogP contribution in [-0.2, 0) is 0 Å². The van der Waals surface area contributed by atoms with Crippen molar-refractivity contribution in [2.75, 3.05) is 26.2 Å². The molecule has 2 nitrogen and oxygen atoms in total. The first kappa shape index (κ1) is 2.99. The fourth-order valence-electron chi connectivity index (χ4n) is 0.930. The molecule has 0 unspecified atom stereocenters. The van der Waals surface area contributed by atoms with Gasteiger partial charge in [-0.05, 0) is 0 Å². The molecule has 34 valence electrons. The Labute approximate surface area is 37.3 Å². The normalized spacial score (nSPS) is 36.0. The van der Waals surface area contributed by atoms with Gasteiger partial charge in [-0.2, -0.15) is 5.43 Å². The van der Waals surface area contributed by atoms with Crippen molar-refractivity contribution in [2.45, 2.75) is 0 Å². The van der Waals surface area contributed by atoms with Gasteiger partial charge in [0.25, 0.3) is 0 Å². The first-order valence-corrected chi connectivity index (χ1v) is 2.53. The highest BCUT2D eigenvalue weighted by molar-refractivity contribution is 4.60. The van der Waals surface area contributed by atoms with Gasteiger partial charge >= 0.3 is 0 Å². The van der Waals surface area contributed by atoms with E-state index in [4.69, 9.17) is 0 Å². The average Bonchev–Trinajstić information content (AvgIpc) is 2.02. The summed E-state index contributed by atoms with van der Waals surface area (Å²) in [6.45, 7) is 5.42. The molecule has 6 heavy (non-hydrogen) atoms. The van der Waals surface area contributed by atoms with Gasteiger partial charge in [-0.1, -0.05) is 0 Å². The minimum absolute atomic E-state index is 1.25. The number of hydrogen-bond donors (Lipinski definition) is 1. The zero-order valence-corrected chi connectivity index (χ0v) is 3.78. The monoisotopic (exact) mass is 85.1 g/mol. The second kappa shape index (κ2) is 0.634. The average molecular weight is 85.1 g/mol. The van der Waals surface area contributed by atoms with Gasteiger partial charge in [0.2, 0.25) is 0 Å². The fraction of sp³-hybridized carbons (Fsp3) is 1.00. The molecule has 0 radical (unpaired) electrons. The SMILES string of the molecule is C1C[N+]2(CC2)N1. The minimum Gasteiger partial charge on any atom is -0.235 e. The Morgan fingerprint density at radius 3 is 1.83 bits per heavy atom. The van der Waals surface area contributed by atoms with E-state index in [1.807, 2.05) is 0 Å². The maximum Gasteiger partial charge on any atom is 0.148 e. The topological polar surface area (TPSA) is 12.0 Å². The van der Waals surface area contributed by atoms with E-state index in [-0.39, 0.29) is 0 Å².